The Morgan fingerprint density at radius 3 is 2.42 bits per heavy atom. The number of carbonyl (C=O) groups excluding carboxylic acids is 2. The van der Waals surface area contributed by atoms with Gasteiger partial charge in [0.15, 0.2) is 9.84 Å². The highest BCUT2D eigenvalue weighted by Gasteiger charge is 2.30. The van der Waals surface area contributed by atoms with Crippen LogP contribution < -0.4 is 16.0 Å². The Bertz CT molecular complexity index is 750. The van der Waals surface area contributed by atoms with Crippen molar-refractivity contribution in [1.82, 2.24) is 10.6 Å². The van der Waals surface area contributed by atoms with E-state index in [2.05, 4.69) is 16.0 Å². The summed E-state index contributed by atoms with van der Waals surface area (Å²) >= 11 is 0. The molecule has 0 unspecified atom stereocenters. The van der Waals surface area contributed by atoms with Crippen LogP contribution in [0.1, 0.15) is 26.7 Å². The number of nitrogens with one attached hydrogen (secondary N) is 3. The Hall–Kier alpha value is -2.16. The average Bonchev–Trinajstić information content (AvgIpc) is 2.87. The maximum absolute atomic E-state index is 13.0. The van der Waals surface area contributed by atoms with Gasteiger partial charge in [0.2, 0.25) is 5.91 Å². The molecule has 2 rings (SSSR count). The lowest BCUT2D eigenvalue weighted by Gasteiger charge is -2.21. The molecule has 9 heteroatoms. The number of hydrogen-bond donors (Lipinski definition) is 3. The Kier molecular flexibility index (Phi) is 6.57. The Labute approximate surface area is 152 Å². The first kappa shape index (κ1) is 20.2. The minimum atomic E-state index is -3.10. The number of amides is 3. The highest BCUT2D eigenvalue weighted by molar-refractivity contribution is 7.91. The maximum Gasteiger partial charge on any atom is 0.315 e. The molecule has 0 aromatic heterocycles. The standard InChI is InChI=1S/C17H24FN3O4S/c1-11(2)9-15(16(22)19-13-5-3-12(18)4-6-13)21-17(23)20-14-7-8-26(24,25)10-14/h3-6,11,14-15H,7-10H2,1-2H3,(H,19,22)(H2,20,21,23)/t14-,15-/m0/s1. The van der Waals surface area contributed by atoms with Crippen molar-refractivity contribution < 1.29 is 22.4 Å². The molecule has 1 aromatic carbocycles. The van der Waals surface area contributed by atoms with Crippen LogP contribution >= 0.6 is 0 Å². The molecule has 1 aliphatic rings. The SMILES string of the molecule is CC(C)C[C@H](NC(=O)N[C@H]1CCS(=O)(=O)C1)C(=O)Nc1ccc(F)cc1. The van der Waals surface area contributed by atoms with Crippen molar-refractivity contribution in [2.75, 3.05) is 16.8 Å². The molecule has 2 atom stereocenters. The summed E-state index contributed by atoms with van der Waals surface area (Å²) in [5.41, 5.74) is 0.425. The first-order valence-corrected chi connectivity index (χ1v) is 10.3. The van der Waals surface area contributed by atoms with Gasteiger partial charge in [0.05, 0.1) is 11.5 Å². The van der Waals surface area contributed by atoms with Gasteiger partial charge in [-0.05, 0) is 43.0 Å². The molecule has 26 heavy (non-hydrogen) atoms. The quantitative estimate of drug-likeness (QED) is 0.693. The zero-order valence-corrected chi connectivity index (χ0v) is 15.6. The number of sulfone groups is 1. The minimum absolute atomic E-state index is 0.0540. The van der Waals surface area contributed by atoms with Gasteiger partial charge in [0, 0.05) is 11.7 Å². The number of benzene rings is 1. The second-order valence-corrected chi connectivity index (χ2v) is 9.12. The number of urea groups is 1. The fourth-order valence-electron chi connectivity index (χ4n) is 2.76. The molecule has 1 heterocycles. The lowest BCUT2D eigenvalue weighted by Crippen LogP contribution is -2.51. The molecule has 0 radical (unpaired) electrons. The van der Waals surface area contributed by atoms with E-state index in [1.165, 1.54) is 24.3 Å². The Morgan fingerprint density at radius 1 is 1.23 bits per heavy atom. The zero-order valence-electron chi connectivity index (χ0n) is 14.8. The Balaban J connectivity index is 1.96. The van der Waals surface area contributed by atoms with Crippen LogP contribution in [0.25, 0.3) is 0 Å². The highest BCUT2D eigenvalue weighted by atomic mass is 32.2. The van der Waals surface area contributed by atoms with Crippen molar-refractivity contribution in [3.05, 3.63) is 30.1 Å². The van der Waals surface area contributed by atoms with Gasteiger partial charge < -0.3 is 16.0 Å². The van der Waals surface area contributed by atoms with E-state index in [4.69, 9.17) is 0 Å². The molecular weight excluding hydrogens is 361 g/mol. The van der Waals surface area contributed by atoms with E-state index >= 15 is 0 Å². The van der Waals surface area contributed by atoms with E-state index in [0.717, 1.165) is 0 Å². The smallest absolute Gasteiger partial charge is 0.315 e. The highest BCUT2D eigenvalue weighted by Crippen LogP contribution is 2.13. The normalized spacial score (nSPS) is 19.8. The molecule has 0 spiro atoms. The van der Waals surface area contributed by atoms with E-state index in [-0.39, 0.29) is 17.4 Å². The second kappa shape index (κ2) is 8.48. The largest absolute Gasteiger partial charge is 0.334 e. The minimum Gasteiger partial charge on any atom is -0.334 e. The summed E-state index contributed by atoms with van der Waals surface area (Å²) in [7, 11) is -3.10. The summed E-state index contributed by atoms with van der Waals surface area (Å²) in [5, 5.41) is 7.85. The van der Waals surface area contributed by atoms with Crippen molar-refractivity contribution in [1.29, 1.82) is 0 Å². The third-order valence-electron chi connectivity index (χ3n) is 4.01. The van der Waals surface area contributed by atoms with Crippen LogP contribution in [0.4, 0.5) is 14.9 Å². The van der Waals surface area contributed by atoms with Gasteiger partial charge in [-0.2, -0.15) is 0 Å². The van der Waals surface area contributed by atoms with Crippen LogP contribution in [-0.2, 0) is 14.6 Å². The fraction of sp³-hybridized carbons (Fsp3) is 0.529. The first-order valence-electron chi connectivity index (χ1n) is 8.48. The average molecular weight is 385 g/mol. The van der Waals surface area contributed by atoms with E-state index in [1.54, 1.807) is 0 Å². The number of carbonyl (C=O) groups is 2. The summed E-state index contributed by atoms with van der Waals surface area (Å²) in [6, 6.07) is 3.51. The molecule has 3 N–H and O–H groups in total. The molecule has 3 amide bonds. The summed E-state index contributed by atoms with van der Waals surface area (Å²) in [4.78, 5) is 24.6. The van der Waals surface area contributed by atoms with Crippen molar-refractivity contribution in [2.24, 2.45) is 5.92 Å². The molecule has 0 bridgehead atoms. The number of halogens is 1. The van der Waals surface area contributed by atoms with Crippen LogP contribution in [0.3, 0.4) is 0 Å². The first-order chi connectivity index (χ1) is 12.1. The van der Waals surface area contributed by atoms with Gasteiger partial charge in [0.1, 0.15) is 11.9 Å². The van der Waals surface area contributed by atoms with Crippen molar-refractivity contribution in [3.8, 4) is 0 Å². The molecule has 0 aliphatic carbocycles. The maximum atomic E-state index is 13.0. The summed E-state index contributed by atoms with van der Waals surface area (Å²) in [5.74, 6) is -0.716. The fourth-order valence-corrected chi connectivity index (χ4v) is 4.43. The van der Waals surface area contributed by atoms with Crippen molar-refractivity contribution in [2.45, 2.75) is 38.8 Å². The predicted octanol–water partition coefficient (Wildman–Crippen LogP) is 1.67. The molecule has 0 saturated carbocycles. The van der Waals surface area contributed by atoms with Gasteiger partial charge in [-0.1, -0.05) is 13.8 Å². The van der Waals surface area contributed by atoms with Gasteiger partial charge >= 0.3 is 6.03 Å². The van der Waals surface area contributed by atoms with Gasteiger partial charge in [-0.15, -0.1) is 0 Å². The third kappa shape index (κ3) is 6.29. The third-order valence-corrected chi connectivity index (χ3v) is 5.78. The van der Waals surface area contributed by atoms with E-state index in [9.17, 15) is 22.4 Å². The monoisotopic (exact) mass is 385 g/mol. The van der Waals surface area contributed by atoms with Crippen molar-refractivity contribution >= 4 is 27.5 Å². The van der Waals surface area contributed by atoms with Crippen LogP contribution in [0.2, 0.25) is 0 Å². The van der Waals surface area contributed by atoms with E-state index in [0.29, 0.717) is 18.5 Å². The molecule has 1 aliphatic heterocycles. The second-order valence-electron chi connectivity index (χ2n) is 6.90. The van der Waals surface area contributed by atoms with E-state index in [1.807, 2.05) is 13.8 Å². The number of hydrogen-bond acceptors (Lipinski definition) is 4. The van der Waals surface area contributed by atoms with Crippen molar-refractivity contribution in [3.63, 3.8) is 0 Å². The topological polar surface area (TPSA) is 104 Å². The van der Waals surface area contributed by atoms with Crippen LogP contribution in [-0.4, -0.2) is 43.9 Å². The zero-order chi connectivity index (χ0) is 19.3. The molecule has 1 saturated heterocycles. The summed E-state index contributed by atoms with van der Waals surface area (Å²) in [6.45, 7) is 3.84. The van der Waals surface area contributed by atoms with Crippen LogP contribution in [0, 0.1) is 11.7 Å². The summed E-state index contributed by atoms with van der Waals surface area (Å²) in [6.07, 6.45) is 0.774. The lowest BCUT2D eigenvalue weighted by atomic mass is 10.0. The van der Waals surface area contributed by atoms with Gasteiger partial charge in [-0.25, -0.2) is 17.6 Å². The van der Waals surface area contributed by atoms with Gasteiger partial charge in [0.25, 0.3) is 0 Å². The number of rotatable bonds is 6. The number of anilines is 1. The molecule has 7 nitrogen and oxygen atoms in total. The molecule has 1 fully saturated rings. The molecular formula is C17H24FN3O4S. The van der Waals surface area contributed by atoms with E-state index < -0.39 is 39.7 Å². The molecule has 144 valence electrons. The molecule has 1 aromatic rings. The van der Waals surface area contributed by atoms with Crippen LogP contribution in [0.15, 0.2) is 24.3 Å². The lowest BCUT2D eigenvalue weighted by molar-refractivity contribution is -0.118. The predicted molar refractivity (Wildman–Crippen MR) is 97.0 cm³/mol. The Morgan fingerprint density at radius 2 is 1.88 bits per heavy atom. The van der Waals surface area contributed by atoms with Crippen LogP contribution in [0.5, 0.6) is 0 Å². The summed E-state index contributed by atoms with van der Waals surface area (Å²) < 4.78 is 35.9. The van der Waals surface area contributed by atoms with Gasteiger partial charge in [-0.3, -0.25) is 4.79 Å².